The van der Waals surface area contributed by atoms with Gasteiger partial charge in [-0.3, -0.25) is 9.78 Å². The minimum Gasteiger partial charge on any atom is -0.335 e. The van der Waals surface area contributed by atoms with Crippen molar-refractivity contribution >= 4 is 5.91 Å². The first-order chi connectivity index (χ1) is 9.53. The van der Waals surface area contributed by atoms with E-state index in [1.807, 2.05) is 23.2 Å². The van der Waals surface area contributed by atoms with Crippen LogP contribution in [0.2, 0.25) is 0 Å². The lowest BCUT2D eigenvalue weighted by molar-refractivity contribution is -0.145. The average molecular weight is 275 g/mol. The van der Waals surface area contributed by atoms with E-state index in [4.69, 9.17) is 0 Å². The van der Waals surface area contributed by atoms with Gasteiger partial charge < -0.3 is 10.2 Å². The van der Waals surface area contributed by atoms with Crippen molar-refractivity contribution in [2.75, 3.05) is 13.1 Å². The van der Waals surface area contributed by atoms with Gasteiger partial charge in [-0.2, -0.15) is 0 Å². The molecule has 0 radical (unpaired) electrons. The zero-order chi connectivity index (χ0) is 14.6. The van der Waals surface area contributed by atoms with E-state index in [1.165, 1.54) is 0 Å². The normalized spacial score (nSPS) is 18.0. The van der Waals surface area contributed by atoms with Crippen molar-refractivity contribution in [2.45, 2.75) is 46.2 Å². The molecule has 1 aliphatic rings. The summed E-state index contributed by atoms with van der Waals surface area (Å²) in [5.74, 6) is 0.276. The van der Waals surface area contributed by atoms with E-state index >= 15 is 0 Å². The highest BCUT2D eigenvalue weighted by molar-refractivity contribution is 5.82. The van der Waals surface area contributed by atoms with E-state index in [0.29, 0.717) is 6.54 Å². The predicted octanol–water partition coefficient (Wildman–Crippen LogP) is 2.21. The van der Waals surface area contributed by atoms with Crippen LogP contribution in [0.3, 0.4) is 0 Å². The second kappa shape index (κ2) is 6.35. The zero-order valence-corrected chi connectivity index (χ0v) is 12.7. The molecular weight excluding hydrogens is 250 g/mol. The number of carbonyl (C=O) groups excluding carboxylic acids is 1. The Hall–Kier alpha value is -1.42. The third-order valence-electron chi connectivity index (χ3n) is 4.18. The topological polar surface area (TPSA) is 45.2 Å². The highest BCUT2D eigenvalue weighted by atomic mass is 16.2. The fraction of sp³-hybridized carbons (Fsp3) is 0.625. The first kappa shape index (κ1) is 15.0. The zero-order valence-electron chi connectivity index (χ0n) is 12.7. The molecule has 110 valence electrons. The van der Waals surface area contributed by atoms with Crippen molar-refractivity contribution in [3.8, 4) is 0 Å². The van der Waals surface area contributed by atoms with Crippen LogP contribution in [0.1, 0.15) is 39.2 Å². The summed E-state index contributed by atoms with van der Waals surface area (Å²) in [6, 6.07) is 4.15. The highest BCUT2D eigenvalue weighted by Crippen LogP contribution is 2.31. The Morgan fingerprint density at radius 3 is 2.70 bits per heavy atom. The Bertz CT molecular complexity index is 438. The van der Waals surface area contributed by atoms with Gasteiger partial charge in [0.1, 0.15) is 0 Å². The lowest BCUT2D eigenvalue weighted by Crippen LogP contribution is -2.49. The molecular formula is C16H25N3O. The van der Waals surface area contributed by atoms with Gasteiger partial charge in [0.15, 0.2) is 0 Å². The van der Waals surface area contributed by atoms with Gasteiger partial charge in [0.05, 0.1) is 0 Å². The molecule has 1 fully saturated rings. The third kappa shape index (κ3) is 3.37. The van der Waals surface area contributed by atoms with Crippen LogP contribution in [0.4, 0.5) is 0 Å². The molecule has 0 bridgehead atoms. The molecule has 0 aliphatic carbocycles. The summed E-state index contributed by atoms with van der Waals surface area (Å²) in [4.78, 5) is 19.1. The summed E-state index contributed by atoms with van der Waals surface area (Å²) in [5, 5.41) is 3.33. The number of piperidine rings is 1. The smallest absolute Gasteiger partial charge is 0.229 e. The summed E-state index contributed by atoms with van der Waals surface area (Å²) in [6.07, 6.45) is 5.44. The van der Waals surface area contributed by atoms with Crippen molar-refractivity contribution in [2.24, 2.45) is 5.41 Å². The predicted molar refractivity (Wildman–Crippen MR) is 80.1 cm³/mol. The minimum atomic E-state index is -0.224. The fourth-order valence-corrected chi connectivity index (χ4v) is 2.72. The molecule has 1 saturated heterocycles. The van der Waals surface area contributed by atoms with E-state index in [2.05, 4.69) is 31.1 Å². The molecule has 0 unspecified atom stereocenters. The number of hydrogen-bond acceptors (Lipinski definition) is 3. The SMILES string of the molecule is CC(C)N(Cc1cccnc1)C(=O)C1(C)CCNCC1. The van der Waals surface area contributed by atoms with Crippen LogP contribution in [0, 0.1) is 5.41 Å². The maximum Gasteiger partial charge on any atom is 0.229 e. The summed E-state index contributed by atoms with van der Waals surface area (Å²) in [6.45, 7) is 8.78. The highest BCUT2D eigenvalue weighted by Gasteiger charge is 2.38. The van der Waals surface area contributed by atoms with Gasteiger partial charge in [-0.05, 0) is 51.4 Å². The maximum atomic E-state index is 12.9. The van der Waals surface area contributed by atoms with E-state index in [9.17, 15) is 4.79 Å². The molecule has 2 rings (SSSR count). The molecule has 0 spiro atoms. The molecule has 2 heterocycles. The number of aromatic nitrogens is 1. The van der Waals surface area contributed by atoms with E-state index in [0.717, 1.165) is 31.5 Å². The molecule has 1 aromatic heterocycles. The molecule has 0 atom stereocenters. The molecule has 0 saturated carbocycles. The first-order valence-electron chi connectivity index (χ1n) is 7.44. The van der Waals surface area contributed by atoms with E-state index in [-0.39, 0.29) is 17.4 Å². The summed E-state index contributed by atoms with van der Waals surface area (Å²) in [7, 11) is 0. The molecule has 1 aromatic rings. The Morgan fingerprint density at radius 2 is 2.15 bits per heavy atom. The number of nitrogens with zero attached hydrogens (tertiary/aromatic N) is 2. The minimum absolute atomic E-state index is 0.203. The Kier molecular flexibility index (Phi) is 4.76. The van der Waals surface area contributed by atoms with Crippen molar-refractivity contribution in [3.63, 3.8) is 0 Å². The number of nitrogens with one attached hydrogen (secondary N) is 1. The Balaban J connectivity index is 2.13. The largest absolute Gasteiger partial charge is 0.335 e. The van der Waals surface area contributed by atoms with Crippen LogP contribution < -0.4 is 5.32 Å². The number of amides is 1. The van der Waals surface area contributed by atoms with E-state index in [1.54, 1.807) is 6.20 Å². The van der Waals surface area contributed by atoms with Crippen LogP contribution in [-0.2, 0) is 11.3 Å². The summed E-state index contributed by atoms with van der Waals surface area (Å²) < 4.78 is 0. The first-order valence-corrected chi connectivity index (χ1v) is 7.44. The average Bonchev–Trinajstić information content (AvgIpc) is 2.45. The van der Waals surface area contributed by atoms with Crippen molar-refractivity contribution < 1.29 is 4.79 Å². The molecule has 1 amide bonds. The van der Waals surface area contributed by atoms with Crippen LogP contribution in [0.15, 0.2) is 24.5 Å². The Morgan fingerprint density at radius 1 is 1.45 bits per heavy atom. The molecule has 4 nitrogen and oxygen atoms in total. The second-order valence-corrected chi connectivity index (χ2v) is 6.20. The van der Waals surface area contributed by atoms with Crippen molar-refractivity contribution in [1.29, 1.82) is 0 Å². The fourth-order valence-electron chi connectivity index (χ4n) is 2.72. The number of rotatable bonds is 4. The standard InChI is InChI=1S/C16H25N3O/c1-13(2)19(12-14-5-4-8-18-11-14)15(20)16(3)6-9-17-10-7-16/h4-5,8,11,13,17H,6-7,9-10,12H2,1-3H3. The number of carbonyl (C=O) groups is 1. The van der Waals surface area contributed by atoms with Gasteiger partial charge in [-0.15, -0.1) is 0 Å². The molecule has 0 aromatic carbocycles. The van der Waals surface area contributed by atoms with Crippen molar-refractivity contribution in [3.05, 3.63) is 30.1 Å². The van der Waals surface area contributed by atoms with Crippen LogP contribution in [-0.4, -0.2) is 34.9 Å². The van der Waals surface area contributed by atoms with Gasteiger partial charge in [0.25, 0.3) is 0 Å². The molecule has 20 heavy (non-hydrogen) atoms. The third-order valence-corrected chi connectivity index (χ3v) is 4.18. The molecule has 1 aliphatic heterocycles. The Labute approximate surface area is 121 Å². The van der Waals surface area contributed by atoms with Crippen LogP contribution >= 0.6 is 0 Å². The monoisotopic (exact) mass is 275 g/mol. The maximum absolute atomic E-state index is 12.9. The quantitative estimate of drug-likeness (QED) is 0.916. The lowest BCUT2D eigenvalue weighted by Gasteiger charge is -2.39. The van der Waals surface area contributed by atoms with Gasteiger partial charge in [0.2, 0.25) is 5.91 Å². The van der Waals surface area contributed by atoms with Gasteiger partial charge in [-0.1, -0.05) is 13.0 Å². The van der Waals surface area contributed by atoms with Crippen LogP contribution in [0.25, 0.3) is 0 Å². The summed E-state index contributed by atoms with van der Waals surface area (Å²) >= 11 is 0. The van der Waals surface area contributed by atoms with Crippen LogP contribution in [0.5, 0.6) is 0 Å². The van der Waals surface area contributed by atoms with Crippen molar-refractivity contribution in [1.82, 2.24) is 15.2 Å². The second-order valence-electron chi connectivity index (χ2n) is 6.20. The summed E-state index contributed by atoms with van der Waals surface area (Å²) in [5.41, 5.74) is 0.865. The molecule has 1 N–H and O–H groups in total. The van der Waals surface area contributed by atoms with Gasteiger partial charge in [-0.25, -0.2) is 0 Å². The molecule has 4 heteroatoms. The number of hydrogen-bond donors (Lipinski definition) is 1. The van der Waals surface area contributed by atoms with E-state index < -0.39 is 0 Å². The van der Waals surface area contributed by atoms with Gasteiger partial charge in [0, 0.05) is 30.4 Å². The lowest BCUT2D eigenvalue weighted by atomic mass is 9.79. The van der Waals surface area contributed by atoms with Gasteiger partial charge >= 0.3 is 0 Å². The number of pyridine rings is 1.